The summed E-state index contributed by atoms with van der Waals surface area (Å²) in [5.74, 6) is -0.551. The van der Waals surface area contributed by atoms with E-state index in [-0.39, 0.29) is 5.56 Å². The summed E-state index contributed by atoms with van der Waals surface area (Å²) >= 11 is 13.1. The second-order valence-corrected chi connectivity index (χ2v) is 5.89. The number of benzene rings is 1. The van der Waals surface area contributed by atoms with Crippen LogP contribution in [0, 0.1) is 0 Å². The summed E-state index contributed by atoms with van der Waals surface area (Å²) in [6, 6.07) is 3.18. The molecule has 0 bridgehead atoms. The van der Waals surface area contributed by atoms with E-state index in [4.69, 9.17) is 9.84 Å². The minimum absolute atomic E-state index is 0.126. The molecule has 2 rings (SSSR count). The minimum atomic E-state index is -1.02. The van der Waals surface area contributed by atoms with Crippen LogP contribution in [0.25, 0.3) is 0 Å². The summed E-state index contributed by atoms with van der Waals surface area (Å²) in [6.07, 6.45) is 0.659. The number of hydrogen-bond donors (Lipinski definition) is 4. The van der Waals surface area contributed by atoms with Gasteiger partial charge in [-0.25, -0.2) is 4.79 Å². The van der Waals surface area contributed by atoms with Crippen LogP contribution in [0.1, 0.15) is 22.3 Å². The molecule has 1 heterocycles. The molecule has 1 aliphatic heterocycles. The molecule has 86 valence electrons. The number of carboxylic acid groups (broad SMARTS) is 1. The Bertz CT molecular complexity index is 457. The van der Waals surface area contributed by atoms with Crippen molar-refractivity contribution in [3.05, 3.63) is 23.3 Å². The smallest absolute Gasteiger partial charge is 0.336 e. The van der Waals surface area contributed by atoms with Crippen LogP contribution in [0.5, 0.6) is 5.75 Å². The molecule has 0 spiro atoms. The van der Waals surface area contributed by atoms with Gasteiger partial charge in [-0.15, -0.1) is 12.6 Å². The molecule has 6 heteroatoms. The third kappa shape index (κ3) is 1.89. The lowest BCUT2D eigenvalue weighted by Gasteiger charge is -2.31. The molecule has 0 unspecified atom stereocenters. The Kier molecular flexibility index (Phi) is 3.07. The van der Waals surface area contributed by atoms with Gasteiger partial charge in [0.1, 0.15) is 5.75 Å². The van der Waals surface area contributed by atoms with Gasteiger partial charge in [0.05, 0.1) is 21.1 Å². The minimum Gasteiger partial charge on any atom is -0.492 e. The number of hydrogen-bond acceptors (Lipinski definition) is 5. The first-order valence-electron chi connectivity index (χ1n) is 4.61. The molecule has 1 aromatic rings. The average Bonchev–Trinajstić information content (AvgIpc) is 2.18. The van der Waals surface area contributed by atoms with Gasteiger partial charge < -0.3 is 9.84 Å². The van der Waals surface area contributed by atoms with Gasteiger partial charge in [0.15, 0.2) is 0 Å². The zero-order chi connectivity index (χ0) is 11.9. The highest BCUT2D eigenvalue weighted by molar-refractivity contribution is 7.99. The van der Waals surface area contributed by atoms with Crippen LogP contribution in [0.15, 0.2) is 17.0 Å². The molecule has 0 aliphatic carbocycles. The molecule has 1 N–H and O–H groups in total. The van der Waals surface area contributed by atoms with Gasteiger partial charge in [-0.2, -0.15) is 25.3 Å². The van der Waals surface area contributed by atoms with Gasteiger partial charge in [0.2, 0.25) is 0 Å². The molecule has 0 amide bonds. The lowest BCUT2D eigenvalue weighted by atomic mass is 10.0. The van der Waals surface area contributed by atoms with Gasteiger partial charge in [-0.05, 0) is 6.07 Å². The molecule has 1 aliphatic rings. The quantitative estimate of drug-likeness (QED) is 0.470. The van der Waals surface area contributed by atoms with Gasteiger partial charge in [0.25, 0.3) is 0 Å². The first kappa shape index (κ1) is 12.0. The zero-order valence-corrected chi connectivity index (χ0v) is 10.9. The van der Waals surface area contributed by atoms with E-state index in [2.05, 4.69) is 37.9 Å². The van der Waals surface area contributed by atoms with Crippen molar-refractivity contribution in [3.63, 3.8) is 0 Å². The molecule has 16 heavy (non-hydrogen) atoms. The Labute approximate surface area is 109 Å². The summed E-state index contributed by atoms with van der Waals surface area (Å²) in [7, 11) is 0. The van der Waals surface area contributed by atoms with Crippen LogP contribution < -0.4 is 4.74 Å². The van der Waals surface area contributed by atoms with Crippen LogP contribution in [0.3, 0.4) is 0 Å². The normalized spacial score (nSPS) is 17.4. The van der Waals surface area contributed by atoms with E-state index >= 15 is 0 Å². The molecule has 0 fully saturated rings. The van der Waals surface area contributed by atoms with Crippen molar-refractivity contribution in [2.24, 2.45) is 0 Å². The van der Waals surface area contributed by atoms with Crippen molar-refractivity contribution in [2.45, 2.75) is 15.4 Å². The van der Waals surface area contributed by atoms with E-state index in [1.807, 2.05) is 0 Å². The highest BCUT2D eigenvalue weighted by Crippen LogP contribution is 2.47. The third-order valence-corrected chi connectivity index (χ3v) is 3.86. The highest BCUT2D eigenvalue weighted by atomic mass is 32.2. The Morgan fingerprint density at radius 2 is 2.12 bits per heavy atom. The molecule has 0 atom stereocenters. The Hall–Kier alpha value is -0.460. The molecule has 3 nitrogen and oxygen atoms in total. The largest absolute Gasteiger partial charge is 0.492 e. The molecule has 0 saturated heterocycles. The SMILES string of the molecule is O=C(O)c1ccc2c(c1S)OCCC2(S)S. The lowest BCUT2D eigenvalue weighted by Crippen LogP contribution is -2.23. The van der Waals surface area contributed by atoms with Crippen LogP contribution in [-0.2, 0) is 4.08 Å². The maximum Gasteiger partial charge on any atom is 0.336 e. The number of aromatic carboxylic acids is 1. The van der Waals surface area contributed by atoms with Crippen molar-refractivity contribution in [1.29, 1.82) is 0 Å². The van der Waals surface area contributed by atoms with E-state index in [0.29, 0.717) is 23.7 Å². The number of carboxylic acids is 1. The van der Waals surface area contributed by atoms with Crippen molar-refractivity contribution < 1.29 is 14.6 Å². The summed E-state index contributed by atoms with van der Waals surface area (Å²) in [5, 5.41) is 8.95. The topological polar surface area (TPSA) is 46.5 Å². The third-order valence-electron chi connectivity index (χ3n) is 2.49. The first-order valence-corrected chi connectivity index (χ1v) is 5.95. The Morgan fingerprint density at radius 3 is 2.75 bits per heavy atom. The van der Waals surface area contributed by atoms with Crippen LogP contribution in [0.2, 0.25) is 0 Å². The summed E-state index contributed by atoms with van der Waals surface area (Å²) in [6.45, 7) is 0.455. The maximum absolute atomic E-state index is 10.9. The standard InChI is InChI=1S/C10H10O3S3/c11-9(12)5-1-2-6-7(8(5)14)13-4-3-10(6,15)16/h1-2,14-16H,3-4H2,(H,11,12). The van der Waals surface area contributed by atoms with Crippen molar-refractivity contribution in [2.75, 3.05) is 6.61 Å². The predicted molar refractivity (Wildman–Crippen MR) is 70.4 cm³/mol. The Balaban J connectivity index is 2.62. The second-order valence-electron chi connectivity index (χ2n) is 3.56. The van der Waals surface area contributed by atoms with Crippen LogP contribution in [0.4, 0.5) is 0 Å². The highest BCUT2D eigenvalue weighted by Gasteiger charge is 2.33. The van der Waals surface area contributed by atoms with Gasteiger partial charge in [-0.1, -0.05) is 6.07 Å². The van der Waals surface area contributed by atoms with Crippen molar-refractivity contribution in [1.82, 2.24) is 0 Å². The predicted octanol–water partition coefficient (Wildman–Crippen LogP) is 2.47. The van der Waals surface area contributed by atoms with Crippen molar-refractivity contribution >= 4 is 43.9 Å². The molecule has 0 aromatic heterocycles. The maximum atomic E-state index is 10.9. The van der Waals surface area contributed by atoms with Crippen molar-refractivity contribution in [3.8, 4) is 5.75 Å². The fourth-order valence-electron chi connectivity index (χ4n) is 1.64. The second kappa shape index (κ2) is 4.09. The zero-order valence-electron chi connectivity index (χ0n) is 8.17. The van der Waals surface area contributed by atoms with E-state index in [0.717, 1.165) is 5.56 Å². The van der Waals surface area contributed by atoms with E-state index in [9.17, 15) is 4.79 Å². The van der Waals surface area contributed by atoms with Gasteiger partial charge >= 0.3 is 5.97 Å². The average molecular weight is 274 g/mol. The molecular weight excluding hydrogens is 264 g/mol. The fraction of sp³-hybridized carbons (Fsp3) is 0.300. The summed E-state index contributed by atoms with van der Waals surface area (Å²) < 4.78 is 4.85. The van der Waals surface area contributed by atoms with E-state index in [1.165, 1.54) is 6.07 Å². The van der Waals surface area contributed by atoms with E-state index in [1.54, 1.807) is 6.07 Å². The number of rotatable bonds is 1. The first-order chi connectivity index (χ1) is 7.43. The van der Waals surface area contributed by atoms with Crippen LogP contribution in [-0.4, -0.2) is 17.7 Å². The molecule has 0 radical (unpaired) electrons. The number of ether oxygens (including phenoxy) is 1. The number of carbonyl (C=O) groups is 1. The monoisotopic (exact) mass is 274 g/mol. The molecule has 1 aromatic carbocycles. The Morgan fingerprint density at radius 1 is 1.44 bits per heavy atom. The number of fused-ring (bicyclic) bond motifs is 1. The van der Waals surface area contributed by atoms with Gasteiger partial charge in [-0.3, -0.25) is 0 Å². The van der Waals surface area contributed by atoms with Gasteiger partial charge in [0, 0.05) is 12.0 Å². The van der Waals surface area contributed by atoms with E-state index < -0.39 is 10.0 Å². The molecular formula is C10H10O3S3. The number of thiol groups is 3. The molecule has 0 saturated carbocycles. The fourth-order valence-corrected chi connectivity index (χ4v) is 2.53. The lowest BCUT2D eigenvalue weighted by molar-refractivity contribution is 0.0692. The summed E-state index contributed by atoms with van der Waals surface area (Å²) in [5.41, 5.74) is 0.891. The summed E-state index contributed by atoms with van der Waals surface area (Å²) in [4.78, 5) is 11.3. The van der Waals surface area contributed by atoms with Crippen LogP contribution >= 0.6 is 37.9 Å².